The third-order valence-electron chi connectivity index (χ3n) is 5.53. The molecule has 5 nitrogen and oxygen atoms in total. The number of hydrogen-bond acceptors (Lipinski definition) is 4. The molecule has 158 valence electrons. The first-order chi connectivity index (χ1) is 14.5. The SMILES string of the molecule is CCc1cc(-c2ccc(S(=O)N3CCN(Cc4ccccc4)CC3)s2)c(C)[nH]c1=O. The largest absolute Gasteiger partial charge is 0.326 e. The number of rotatable bonds is 6. The second-order valence-corrected chi connectivity index (χ2v) is 10.4. The number of thiophene rings is 1. The van der Waals surface area contributed by atoms with Gasteiger partial charge < -0.3 is 4.98 Å². The molecule has 0 radical (unpaired) electrons. The lowest BCUT2D eigenvalue weighted by atomic mass is 10.1. The predicted molar refractivity (Wildman–Crippen MR) is 124 cm³/mol. The van der Waals surface area contributed by atoms with E-state index in [1.165, 1.54) is 5.56 Å². The lowest BCUT2D eigenvalue weighted by molar-refractivity contribution is 0.186. The Balaban J connectivity index is 1.42. The number of nitrogens with zero attached hydrogens (tertiary/aromatic N) is 2. The molecule has 1 aliphatic rings. The molecule has 0 spiro atoms. The molecule has 4 rings (SSSR count). The van der Waals surface area contributed by atoms with Gasteiger partial charge in [-0.2, -0.15) is 0 Å². The normalized spacial score (nSPS) is 16.6. The smallest absolute Gasteiger partial charge is 0.251 e. The van der Waals surface area contributed by atoms with E-state index in [4.69, 9.17) is 0 Å². The van der Waals surface area contributed by atoms with E-state index in [1.54, 1.807) is 11.3 Å². The van der Waals surface area contributed by atoms with Crippen LogP contribution in [-0.2, 0) is 24.0 Å². The first kappa shape index (κ1) is 21.2. The summed E-state index contributed by atoms with van der Waals surface area (Å²) in [5, 5.41) is 0. The molecule has 1 saturated heterocycles. The Morgan fingerprint density at radius 3 is 2.50 bits per heavy atom. The highest BCUT2D eigenvalue weighted by Crippen LogP contribution is 2.32. The van der Waals surface area contributed by atoms with E-state index in [9.17, 15) is 9.00 Å². The highest BCUT2D eigenvalue weighted by Gasteiger charge is 2.23. The summed E-state index contributed by atoms with van der Waals surface area (Å²) in [4.78, 5) is 18.4. The van der Waals surface area contributed by atoms with Crippen molar-refractivity contribution >= 4 is 22.3 Å². The van der Waals surface area contributed by atoms with Crippen LogP contribution in [0.15, 0.2) is 57.5 Å². The summed E-state index contributed by atoms with van der Waals surface area (Å²) in [6.45, 7) is 8.26. The number of piperazine rings is 1. The van der Waals surface area contributed by atoms with Gasteiger partial charge in [-0.15, -0.1) is 11.3 Å². The summed E-state index contributed by atoms with van der Waals surface area (Å²) in [6.07, 6.45) is 0.694. The molecular formula is C23H27N3O2S2. The lowest BCUT2D eigenvalue weighted by Crippen LogP contribution is -2.46. The first-order valence-corrected chi connectivity index (χ1v) is 12.2. The average Bonchev–Trinajstić information content (AvgIpc) is 3.24. The topological polar surface area (TPSA) is 56.4 Å². The van der Waals surface area contributed by atoms with Crippen molar-refractivity contribution in [1.29, 1.82) is 0 Å². The van der Waals surface area contributed by atoms with Gasteiger partial charge in [-0.3, -0.25) is 9.69 Å². The van der Waals surface area contributed by atoms with Gasteiger partial charge in [-0.05, 0) is 37.1 Å². The number of aromatic nitrogens is 1. The molecule has 3 heterocycles. The van der Waals surface area contributed by atoms with Gasteiger partial charge >= 0.3 is 0 Å². The molecule has 1 atom stereocenters. The zero-order chi connectivity index (χ0) is 21.1. The molecule has 3 aromatic rings. The van der Waals surface area contributed by atoms with Crippen LogP contribution in [0.25, 0.3) is 10.4 Å². The summed E-state index contributed by atoms with van der Waals surface area (Å²) in [7, 11) is -1.15. The zero-order valence-electron chi connectivity index (χ0n) is 17.4. The van der Waals surface area contributed by atoms with Crippen LogP contribution < -0.4 is 5.56 Å². The molecule has 1 N–H and O–H groups in total. The maximum atomic E-state index is 13.1. The quantitative estimate of drug-likeness (QED) is 0.633. The lowest BCUT2D eigenvalue weighted by Gasteiger charge is -2.33. The highest BCUT2D eigenvalue weighted by molar-refractivity contribution is 7.85. The van der Waals surface area contributed by atoms with E-state index in [2.05, 4.69) is 38.5 Å². The van der Waals surface area contributed by atoms with Crippen LogP contribution in [0.4, 0.5) is 0 Å². The van der Waals surface area contributed by atoms with E-state index in [0.717, 1.165) is 58.6 Å². The third kappa shape index (κ3) is 4.64. The number of H-pyrrole nitrogens is 1. The van der Waals surface area contributed by atoms with Crippen molar-refractivity contribution in [3.63, 3.8) is 0 Å². The fourth-order valence-corrected chi connectivity index (χ4v) is 6.38. The van der Waals surface area contributed by atoms with Gasteiger partial charge in [0, 0.05) is 54.4 Å². The van der Waals surface area contributed by atoms with Crippen LogP contribution in [-0.4, -0.2) is 44.6 Å². The summed E-state index contributed by atoms with van der Waals surface area (Å²) in [5.41, 5.74) is 3.95. The molecule has 0 bridgehead atoms. The fourth-order valence-electron chi connectivity index (χ4n) is 3.77. The van der Waals surface area contributed by atoms with Gasteiger partial charge in [0.05, 0.1) is 0 Å². The third-order valence-corrected chi connectivity index (χ3v) is 8.44. The van der Waals surface area contributed by atoms with Crippen LogP contribution in [0.2, 0.25) is 0 Å². The van der Waals surface area contributed by atoms with Crippen molar-refractivity contribution in [3.05, 3.63) is 75.7 Å². The van der Waals surface area contributed by atoms with Gasteiger partial charge in [-0.1, -0.05) is 37.3 Å². The van der Waals surface area contributed by atoms with Gasteiger partial charge in [0.25, 0.3) is 5.56 Å². The Labute approximate surface area is 184 Å². The van der Waals surface area contributed by atoms with E-state index >= 15 is 0 Å². The Morgan fingerprint density at radius 1 is 1.07 bits per heavy atom. The molecule has 30 heavy (non-hydrogen) atoms. The Hall–Kier alpha value is -2.06. The van der Waals surface area contributed by atoms with E-state index in [-0.39, 0.29) is 5.56 Å². The molecular weight excluding hydrogens is 414 g/mol. The van der Waals surface area contributed by atoms with Crippen molar-refractivity contribution in [2.24, 2.45) is 0 Å². The van der Waals surface area contributed by atoms with Crippen molar-refractivity contribution in [2.75, 3.05) is 26.2 Å². The number of aromatic amines is 1. The molecule has 2 aromatic heterocycles. The van der Waals surface area contributed by atoms with Crippen LogP contribution in [0.1, 0.15) is 23.7 Å². The van der Waals surface area contributed by atoms with Gasteiger partial charge in [0.1, 0.15) is 15.2 Å². The maximum Gasteiger partial charge on any atom is 0.251 e. The number of pyridine rings is 1. The average molecular weight is 442 g/mol. The summed E-state index contributed by atoms with van der Waals surface area (Å²) < 4.78 is 16.1. The maximum absolute atomic E-state index is 13.1. The van der Waals surface area contributed by atoms with Crippen LogP contribution >= 0.6 is 11.3 Å². The standard InChI is InChI=1S/C23H27N3O2S2/c1-3-19-15-20(17(2)24-23(19)27)21-9-10-22(29-21)30(28)26-13-11-25(12-14-26)16-18-7-5-4-6-8-18/h4-10,15H,3,11-14,16H2,1-2H3,(H,24,27). The number of benzene rings is 1. The zero-order valence-corrected chi connectivity index (χ0v) is 19.0. The Morgan fingerprint density at radius 2 is 1.80 bits per heavy atom. The van der Waals surface area contributed by atoms with E-state index < -0.39 is 11.0 Å². The fraction of sp³-hybridized carbons (Fsp3) is 0.348. The highest BCUT2D eigenvalue weighted by atomic mass is 32.2. The number of nitrogens with one attached hydrogen (secondary N) is 1. The molecule has 1 fully saturated rings. The molecule has 0 saturated carbocycles. The minimum atomic E-state index is -1.15. The summed E-state index contributed by atoms with van der Waals surface area (Å²) >= 11 is 1.55. The molecule has 7 heteroatoms. The second kappa shape index (κ2) is 9.39. The number of aryl methyl sites for hydroxylation is 2. The molecule has 0 amide bonds. The van der Waals surface area contributed by atoms with Gasteiger partial charge in [-0.25, -0.2) is 8.51 Å². The van der Waals surface area contributed by atoms with Crippen LogP contribution in [0.3, 0.4) is 0 Å². The van der Waals surface area contributed by atoms with Gasteiger partial charge in [0.15, 0.2) is 0 Å². The first-order valence-electron chi connectivity index (χ1n) is 10.3. The Kier molecular flexibility index (Phi) is 6.63. The minimum Gasteiger partial charge on any atom is -0.326 e. The summed E-state index contributed by atoms with van der Waals surface area (Å²) in [6, 6.07) is 16.4. The van der Waals surface area contributed by atoms with E-state index in [1.807, 2.05) is 38.1 Å². The monoisotopic (exact) mass is 441 g/mol. The summed E-state index contributed by atoms with van der Waals surface area (Å²) in [5.74, 6) is 0. The van der Waals surface area contributed by atoms with Crippen molar-refractivity contribution < 1.29 is 4.21 Å². The molecule has 0 aliphatic carbocycles. The van der Waals surface area contributed by atoms with Crippen LogP contribution in [0, 0.1) is 6.92 Å². The predicted octanol–water partition coefficient (Wildman–Crippen LogP) is 3.81. The van der Waals surface area contributed by atoms with Crippen molar-refractivity contribution in [3.8, 4) is 10.4 Å². The van der Waals surface area contributed by atoms with Crippen LogP contribution in [0.5, 0.6) is 0 Å². The number of hydrogen-bond donors (Lipinski definition) is 1. The molecule has 1 aliphatic heterocycles. The van der Waals surface area contributed by atoms with Crippen molar-refractivity contribution in [2.45, 2.75) is 31.0 Å². The van der Waals surface area contributed by atoms with Gasteiger partial charge in [0.2, 0.25) is 0 Å². The minimum absolute atomic E-state index is 0.0209. The second-order valence-electron chi connectivity index (χ2n) is 7.57. The van der Waals surface area contributed by atoms with Crippen molar-refractivity contribution in [1.82, 2.24) is 14.2 Å². The molecule has 1 aromatic carbocycles. The Bertz CT molecular complexity index is 1080. The van der Waals surface area contributed by atoms with E-state index in [0.29, 0.717) is 6.42 Å². The molecule has 1 unspecified atom stereocenters.